The van der Waals surface area contributed by atoms with E-state index in [1.54, 1.807) is 48.5 Å². The van der Waals surface area contributed by atoms with E-state index in [1.807, 2.05) is 12.1 Å². The molecule has 1 N–H and O–H groups in total. The van der Waals surface area contributed by atoms with E-state index in [2.05, 4.69) is 4.98 Å². The SMILES string of the molecule is COc1cc(C(C(=O)O)C(=O)OC(c2ccccc2)c2ccccc2)c(F)cn1. The molecule has 1 atom stereocenters. The first-order valence-electron chi connectivity index (χ1n) is 8.74. The molecular formula is C22H18FNO5. The zero-order chi connectivity index (χ0) is 20.8. The van der Waals surface area contributed by atoms with Gasteiger partial charge in [0.2, 0.25) is 5.88 Å². The second-order valence-corrected chi connectivity index (χ2v) is 6.16. The number of halogens is 1. The van der Waals surface area contributed by atoms with E-state index < -0.39 is 29.8 Å². The summed E-state index contributed by atoms with van der Waals surface area (Å²) in [4.78, 5) is 28.4. The molecule has 29 heavy (non-hydrogen) atoms. The second kappa shape index (κ2) is 8.97. The van der Waals surface area contributed by atoms with Gasteiger partial charge < -0.3 is 14.6 Å². The Kier molecular flexibility index (Phi) is 6.19. The molecule has 1 heterocycles. The predicted octanol–water partition coefficient (Wildman–Crippen LogP) is 3.73. The molecule has 2 aromatic carbocycles. The summed E-state index contributed by atoms with van der Waals surface area (Å²) in [7, 11) is 1.30. The summed E-state index contributed by atoms with van der Waals surface area (Å²) >= 11 is 0. The molecule has 0 aliphatic rings. The van der Waals surface area contributed by atoms with Gasteiger partial charge in [0.25, 0.3) is 0 Å². The molecule has 1 aromatic heterocycles. The van der Waals surface area contributed by atoms with Crippen LogP contribution in [0.1, 0.15) is 28.7 Å². The van der Waals surface area contributed by atoms with Gasteiger partial charge in [0.1, 0.15) is 5.82 Å². The van der Waals surface area contributed by atoms with Crippen LogP contribution in [0.15, 0.2) is 72.9 Å². The maximum atomic E-state index is 14.3. The van der Waals surface area contributed by atoms with Crippen molar-refractivity contribution < 1.29 is 28.6 Å². The van der Waals surface area contributed by atoms with E-state index in [-0.39, 0.29) is 11.4 Å². The van der Waals surface area contributed by atoms with Crippen molar-refractivity contribution in [1.29, 1.82) is 0 Å². The summed E-state index contributed by atoms with van der Waals surface area (Å²) in [5.74, 6) is -5.46. The van der Waals surface area contributed by atoms with Crippen LogP contribution in [-0.2, 0) is 14.3 Å². The molecule has 3 aromatic rings. The Morgan fingerprint density at radius 1 is 1.00 bits per heavy atom. The van der Waals surface area contributed by atoms with Gasteiger partial charge in [-0.1, -0.05) is 60.7 Å². The Morgan fingerprint density at radius 3 is 2.03 bits per heavy atom. The molecule has 1 unspecified atom stereocenters. The Morgan fingerprint density at radius 2 is 1.55 bits per heavy atom. The number of hydrogen-bond donors (Lipinski definition) is 1. The minimum absolute atomic E-state index is 0.0110. The van der Waals surface area contributed by atoms with Gasteiger partial charge in [-0.3, -0.25) is 9.59 Å². The summed E-state index contributed by atoms with van der Waals surface area (Å²) in [5, 5.41) is 9.61. The quantitative estimate of drug-likeness (QED) is 0.485. The average Bonchev–Trinajstić information content (AvgIpc) is 2.74. The number of carboxylic acid groups (broad SMARTS) is 1. The third kappa shape index (κ3) is 4.57. The lowest BCUT2D eigenvalue weighted by Crippen LogP contribution is -2.27. The van der Waals surface area contributed by atoms with Gasteiger partial charge in [-0.25, -0.2) is 9.37 Å². The van der Waals surface area contributed by atoms with Crippen LogP contribution in [0, 0.1) is 5.82 Å². The van der Waals surface area contributed by atoms with Crippen LogP contribution in [-0.4, -0.2) is 29.1 Å². The third-order valence-electron chi connectivity index (χ3n) is 4.30. The fourth-order valence-corrected chi connectivity index (χ4v) is 2.90. The number of ether oxygens (including phenoxy) is 2. The number of carbonyl (C=O) groups is 2. The molecule has 0 bridgehead atoms. The average molecular weight is 395 g/mol. The highest BCUT2D eigenvalue weighted by Crippen LogP contribution is 2.30. The van der Waals surface area contributed by atoms with Crippen molar-refractivity contribution in [3.8, 4) is 5.88 Å². The lowest BCUT2D eigenvalue weighted by molar-refractivity contribution is -0.157. The highest BCUT2D eigenvalue weighted by molar-refractivity contribution is 6.00. The van der Waals surface area contributed by atoms with E-state index >= 15 is 0 Å². The molecule has 0 saturated heterocycles. The van der Waals surface area contributed by atoms with Crippen LogP contribution in [0.2, 0.25) is 0 Å². The van der Waals surface area contributed by atoms with Crippen LogP contribution >= 0.6 is 0 Å². The Bertz CT molecular complexity index is 955. The number of methoxy groups -OCH3 is 1. The lowest BCUT2D eigenvalue weighted by Gasteiger charge is -2.21. The monoisotopic (exact) mass is 395 g/mol. The van der Waals surface area contributed by atoms with Gasteiger partial charge in [-0.05, 0) is 11.1 Å². The molecule has 0 fully saturated rings. The number of esters is 1. The van der Waals surface area contributed by atoms with Gasteiger partial charge >= 0.3 is 11.9 Å². The van der Waals surface area contributed by atoms with Gasteiger partial charge in [0.15, 0.2) is 12.0 Å². The van der Waals surface area contributed by atoms with Crippen molar-refractivity contribution in [3.63, 3.8) is 0 Å². The predicted molar refractivity (Wildman–Crippen MR) is 102 cm³/mol. The summed E-state index contributed by atoms with van der Waals surface area (Å²) in [6.07, 6.45) is -0.0398. The molecule has 7 heteroatoms. The topological polar surface area (TPSA) is 85.7 Å². The van der Waals surface area contributed by atoms with Crippen molar-refractivity contribution in [1.82, 2.24) is 4.98 Å². The largest absolute Gasteiger partial charge is 0.481 e. The van der Waals surface area contributed by atoms with Gasteiger partial charge in [0.05, 0.1) is 13.3 Å². The minimum atomic E-state index is -1.87. The molecule has 148 valence electrons. The van der Waals surface area contributed by atoms with E-state index in [4.69, 9.17) is 9.47 Å². The third-order valence-corrected chi connectivity index (χ3v) is 4.30. The summed E-state index contributed by atoms with van der Waals surface area (Å²) in [6.45, 7) is 0. The number of aliphatic carboxylic acids is 1. The first kappa shape index (κ1) is 20.0. The van der Waals surface area contributed by atoms with Crippen molar-refractivity contribution in [2.75, 3.05) is 7.11 Å². The summed E-state index contributed by atoms with van der Waals surface area (Å²) < 4.78 is 24.8. The lowest BCUT2D eigenvalue weighted by atomic mass is 9.98. The number of nitrogens with zero attached hydrogens (tertiary/aromatic N) is 1. The Labute approximate surface area is 166 Å². The van der Waals surface area contributed by atoms with Gasteiger partial charge in [-0.2, -0.15) is 0 Å². The number of carbonyl (C=O) groups excluding carboxylic acids is 1. The molecule has 3 rings (SSSR count). The zero-order valence-electron chi connectivity index (χ0n) is 15.5. The minimum Gasteiger partial charge on any atom is -0.481 e. The Hall–Kier alpha value is -3.74. The first-order chi connectivity index (χ1) is 14.0. The van der Waals surface area contributed by atoms with Crippen molar-refractivity contribution in [2.45, 2.75) is 12.0 Å². The smallest absolute Gasteiger partial charge is 0.325 e. The molecule has 0 radical (unpaired) electrons. The number of hydrogen-bond acceptors (Lipinski definition) is 5. The standard InChI is InChI=1S/C22H18FNO5/c1-28-18-12-16(17(23)13-24-18)19(21(25)26)22(27)29-20(14-8-4-2-5-9-14)15-10-6-3-7-11-15/h2-13,19-20H,1H3,(H,25,26). The van der Waals surface area contributed by atoms with Gasteiger partial charge in [-0.15, -0.1) is 0 Å². The Balaban J connectivity index is 1.98. The van der Waals surface area contributed by atoms with E-state index in [1.165, 1.54) is 7.11 Å². The highest BCUT2D eigenvalue weighted by Gasteiger charge is 2.35. The highest BCUT2D eigenvalue weighted by atomic mass is 19.1. The van der Waals surface area contributed by atoms with E-state index in [9.17, 15) is 19.1 Å². The number of pyridine rings is 1. The molecule has 0 aliphatic carbocycles. The van der Waals surface area contributed by atoms with Crippen LogP contribution in [0.4, 0.5) is 4.39 Å². The molecule has 0 amide bonds. The first-order valence-corrected chi connectivity index (χ1v) is 8.74. The number of aromatic nitrogens is 1. The summed E-state index contributed by atoms with van der Waals surface area (Å²) in [5.41, 5.74) is 0.933. The van der Waals surface area contributed by atoms with Gasteiger partial charge in [0, 0.05) is 11.6 Å². The molecule has 0 spiro atoms. The van der Waals surface area contributed by atoms with Crippen molar-refractivity contribution in [2.24, 2.45) is 0 Å². The summed E-state index contributed by atoms with van der Waals surface area (Å²) in [6, 6.07) is 18.9. The number of carboxylic acids is 1. The fourth-order valence-electron chi connectivity index (χ4n) is 2.90. The van der Waals surface area contributed by atoms with Crippen LogP contribution in [0.5, 0.6) is 5.88 Å². The number of benzene rings is 2. The van der Waals surface area contributed by atoms with E-state index in [0.29, 0.717) is 11.1 Å². The second-order valence-electron chi connectivity index (χ2n) is 6.16. The van der Waals surface area contributed by atoms with Crippen molar-refractivity contribution >= 4 is 11.9 Å². The zero-order valence-corrected chi connectivity index (χ0v) is 15.5. The molecular weight excluding hydrogens is 377 g/mol. The maximum Gasteiger partial charge on any atom is 0.325 e. The van der Waals surface area contributed by atoms with Crippen LogP contribution in [0.3, 0.4) is 0 Å². The molecule has 0 aliphatic heterocycles. The van der Waals surface area contributed by atoms with E-state index in [0.717, 1.165) is 12.3 Å². The molecule has 6 nitrogen and oxygen atoms in total. The van der Waals surface area contributed by atoms with Crippen LogP contribution in [0.25, 0.3) is 0 Å². The van der Waals surface area contributed by atoms with Crippen molar-refractivity contribution in [3.05, 3.63) is 95.4 Å². The van der Waals surface area contributed by atoms with Crippen LogP contribution < -0.4 is 4.74 Å². The number of rotatable bonds is 7. The normalized spacial score (nSPS) is 11.7. The maximum absolute atomic E-state index is 14.3. The molecule has 0 saturated carbocycles. The fraction of sp³-hybridized carbons (Fsp3) is 0.136.